The molecular formula is C11H13ClN4. The van der Waals surface area contributed by atoms with Crippen LogP contribution >= 0.6 is 11.6 Å². The molecule has 0 bridgehead atoms. The summed E-state index contributed by atoms with van der Waals surface area (Å²) in [6.45, 7) is 3.77. The first-order valence-electron chi connectivity index (χ1n) is 5.15. The molecule has 84 valence electrons. The number of nitrogens with one attached hydrogen (secondary N) is 1. The quantitative estimate of drug-likeness (QED) is 0.884. The van der Waals surface area contributed by atoms with Gasteiger partial charge in [0.25, 0.3) is 0 Å². The Morgan fingerprint density at radius 3 is 3.00 bits per heavy atom. The van der Waals surface area contributed by atoms with E-state index in [0.29, 0.717) is 5.02 Å². The van der Waals surface area contributed by atoms with Gasteiger partial charge in [0, 0.05) is 30.7 Å². The highest BCUT2D eigenvalue weighted by Crippen LogP contribution is 2.15. The van der Waals surface area contributed by atoms with Crippen molar-refractivity contribution < 1.29 is 0 Å². The fraction of sp³-hybridized carbons (Fsp3) is 0.273. The summed E-state index contributed by atoms with van der Waals surface area (Å²) >= 11 is 5.85. The Morgan fingerprint density at radius 2 is 2.31 bits per heavy atom. The third kappa shape index (κ3) is 2.40. The number of rotatable bonds is 4. The van der Waals surface area contributed by atoms with Crippen LogP contribution in [-0.4, -0.2) is 21.3 Å². The van der Waals surface area contributed by atoms with Gasteiger partial charge in [-0.1, -0.05) is 18.5 Å². The summed E-state index contributed by atoms with van der Waals surface area (Å²) in [4.78, 5) is 4.12. The van der Waals surface area contributed by atoms with Crippen molar-refractivity contribution in [3.63, 3.8) is 0 Å². The van der Waals surface area contributed by atoms with Gasteiger partial charge in [-0.15, -0.1) is 0 Å². The van der Waals surface area contributed by atoms with Crippen molar-refractivity contribution >= 4 is 11.6 Å². The molecule has 0 aromatic carbocycles. The Kier molecular flexibility index (Phi) is 3.54. The number of hydrogen-bond acceptors (Lipinski definition) is 3. The molecule has 0 atom stereocenters. The lowest BCUT2D eigenvalue weighted by molar-refractivity contribution is 0.714. The lowest BCUT2D eigenvalue weighted by atomic mass is 10.2. The first-order valence-corrected chi connectivity index (χ1v) is 5.53. The van der Waals surface area contributed by atoms with Gasteiger partial charge in [-0.05, 0) is 12.6 Å². The second-order valence-corrected chi connectivity index (χ2v) is 3.82. The van der Waals surface area contributed by atoms with Crippen LogP contribution in [0.25, 0.3) is 5.69 Å². The smallest absolute Gasteiger partial charge is 0.0790 e. The molecule has 2 heterocycles. The molecule has 4 nitrogen and oxygen atoms in total. The Morgan fingerprint density at radius 1 is 1.44 bits per heavy atom. The minimum atomic E-state index is 0.631. The van der Waals surface area contributed by atoms with E-state index in [0.717, 1.165) is 24.3 Å². The molecule has 0 unspecified atom stereocenters. The summed E-state index contributed by atoms with van der Waals surface area (Å²) in [6, 6.07) is 1.93. The maximum Gasteiger partial charge on any atom is 0.0790 e. The zero-order valence-electron chi connectivity index (χ0n) is 9.02. The van der Waals surface area contributed by atoms with Crippen LogP contribution in [0.5, 0.6) is 0 Å². The van der Waals surface area contributed by atoms with Crippen LogP contribution in [0.4, 0.5) is 0 Å². The SMILES string of the molecule is CCNCc1cnccc1-n1cc(Cl)cn1. The van der Waals surface area contributed by atoms with Crippen LogP contribution in [-0.2, 0) is 6.54 Å². The van der Waals surface area contributed by atoms with Gasteiger partial charge >= 0.3 is 0 Å². The van der Waals surface area contributed by atoms with Crippen molar-refractivity contribution in [2.45, 2.75) is 13.5 Å². The number of halogens is 1. The predicted molar refractivity (Wildman–Crippen MR) is 63.7 cm³/mol. The van der Waals surface area contributed by atoms with Crippen LogP contribution in [0.15, 0.2) is 30.9 Å². The first kappa shape index (κ1) is 11.1. The molecule has 2 aromatic rings. The molecule has 0 saturated carbocycles. The van der Waals surface area contributed by atoms with Crippen molar-refractivity contribution in [2.24, 2.45) is 0 Å². The molecular weight excluding hydrogens is 224 g/mol. The fourth-order valence-electron chi connectivity index (χ4n) is 1.47. The lowest BCUT2D eigenvalue weighted by Gasteiger charge is -2.08. The standard InChI is InChI=1S/C11H13ClN4/c1-2-13-5-9-6-14-4-3-11(9)16-8-10(12)7-15-16/h3-4,6-8,13H,2,5H2,1H3. The highest BCUT2D eigenvalue weighted by atomic mass is 35.5. The van der Waals surface area contributed by atoms with E-state index in [1.165, 1.54) is 0 Å². The maximum atomic E-state index is 5.85. The Balaban J connectivity index is 2.32. The zero-order valence-corrected chi connectivity index (χ0v) is 9.78. The summed E-state index contributed by atoms with van der Waals surface area (Å²) in [5.74, 6) is 0. The monoisotopic (exact) mass is 236 g/mol. The molecule has 0 fully saturated rings. The van der Waals surface area contributed by atoms with E-state index in [4.69, 9.17) is 11.6 Å². The van der Waals surface area contributed by atoms with Crippen LogP contribution in [0.2, 0.25) is 5.02 Å². The van der Waals surface area contributed by atoms with E-state index in [2.05, 4.69) is 22.3 Å². The minimum Gasteiger partial charge on any atom is -0.313 e. The molecule has 5 heteroatoms. The highest BCUT2D eigenvalue weighted by Gasteiger charge is 2.05. The third-order valence-electron chi connectivity index (χ3n) is 2.24. The predicted octanol–water partition coefficient (Wildman–Crippen LogP) is 2.03. The van der Waals surface area contributed by atoms with Gasteiger partial charge in [0.05, 0.1) is 16.9 Å². The summed E-state index contributed by atoms with van der Waals surface area (Å²) in [5, 5.41) is 8.08. The average Bonchev–Trinajstić information content (AvgIpc) is 2.73. The summed E-state index contributed by atoms with van der Waals surface area (Å²) < 4.78 is 1.76. The molecule has 2 aromatic heterocycles. The molecule has 0 spiro atoms. The first-order chi connectivity index (χ1) is 7.81. The number of pyridine rings is 1. The molecule has 0 aliphatic rings. The summed E-state index contributed by atoms with van der Waals surface area (Å²) in [7, 11) is 0. The molecule has 2 rings (SSSR count). The van der Waals surface area contributed by atoms with Gasteiger partial charge in [-0.25, -0.2) is 4.68 Å². The molecule has 0 radical (unpaired) electrons. The minimum absolute atomic E-state index is 0.631. The van der Waals surface area contributed by atoms with Gasteiger partial charge in [0.2, 0.25) is 0 Å². The van der Waals surface area contributed by atoms with Crippen LogP contribution in [0, 0.1) is 0 Å². The fourth-order valence-corrected chi connectivity index (χ4v) is 1.61. The van der Waals surface area contributed by atoms with Crippen molar-refractivity contribution in [3.8, 4) is 5.69 Å². The van der Waals surface area contributed by atoms with Crippen LogP contribution in [0.1, 0.15) is 12.5 Å². The second-order valence-electron chi connectivity index (χ2n) is 3.39. The van der Waals surface area contributed by atoms with Gasteiger partial charge in [-0.2, -0.15) is 5.10 Å². The maximum absolute atomic E-state index is 5.85. The molecule has 0 amide bonds. The van der Waals surface area contributed by atoms with E-state index < -0.39 is 0 Å². The zero-order chi connectivity index (χ0) is 11.4. The number of nitrogens with zero attached hydrogens (tertiary/aromatic N) is 3. The Hall–Kier alpha value is -1.39. The molecule has 0 aliphatic heterocycles. The van der Waals surface area contributed by atoms with Gasteiger partial charge < -0.3 is 5.32 Å². The van der Waals surface area contributed by atoms with Crippen molar-refractivity contribution in [1.29, 1.82) is 0 Å². The van der Waals surface area contributed by atoms with E-state index in [9.17, 15) is 0 Å². The van der Waals surface area contributed by atoms with Crippen molar-refractivity contribution in [1.82, 2.24) is 20.1 Å². The van der Waals surface area contributed by atoms with E-state index in [1.54, 1.807) is 23.3 Å². The lowest BCUT2D eigenvalue weighted by Crippen LogP contribution is -2.14. The molecule has 1 N–H and O–H groups in total. The second kappa shape index (κ2) is 5.09. The topological polar surface area (TPSA) is 42.7 Å². The number of aromatic nitrogens is 3. The van der Waals surface area contributed by atoms with Crippen LogP contribution in [0.3, 0.4) is 0 Å². The van der Waals surface area contributed by atoms with Crippen LogP contribution < -0.4 is 5.32 Å². The largest absolute Gasteiger partial charge is 0.313 e. The van der Waals surface area contributed by atoms with Gasteiger partial charge in [-0.3, -0.25) is 4.98 Å². The summed E-state index contributed by atoms with van der Waals surface area (Å²) in [5.41, 5.74) is 2.10. The Labute approximate surface area is 99.3 Å². The van der Waals surface area contributed by atoms with Gasteiger partial charge in [0.1, 0.15) is 0 Å². The van der Waals surface area contributed by atoms with Crippen molar-refractivity contribution in [2.75, 3.05) is 6.54 Å². The average molecular weight is 237 g/mol. The highest BCUT2D eigenvalue weighted by molar-refractivity contribution is 6.30. The molecule has 0 saturated heterocycles. The van der Waals surface area contributed by atoms with E-state index in [1.807, 2.05) is 12.3 Å². The Bertz CT molecular complexity index is 467. The number of hydrogen-bond donors (Lipinski definition) is 1. The third-order valence-corrected chi connectivity index (χ3v) is 2.44. The van der Waals surface area contributed by atoms with E-state index >= 15 is 0 Å². The van der Waals surface area contributed by atoms with Gasteiger partial charge in [0.15, 0.2) is 0 Å². The van der Waals surface area contributed by atoms with Crippen molar-refractivity contribution in [3.05, 3.63) is 41.4 Å². The molecule has 0 aliphatic carbocycles. The molecule has 16 heavy (non-hydrogen) atoms. The summed E-state index contributed by atoms with van der Waals surface area (Å²) in [6.07, 6.45) is 7.00. The normalized spacial score (nSPS) is 10.6. The van der Waals surface area contributed by atoms with E-state index in [-0.39, 0.29) is 0 Å².